The predicted molar refractivity (Wildman–Crippen MR) is 114 cm³/mol. The summed E-state index contributed by atoms with van der Waals surface area (Å²) in [4.78, 5) is 27.3. The van der Waals surface area contributed by atoms with Crippen molar-refractivity contribution in [1.29, 1.82) is 0 Å². The first-order valence-electron chi connectivity index (χ1n) is 10.7. The van der Waals surface area contributed by atoms with Crippen LogP contribution in [0.15, 0.2) is 6.07 Å². The van der Waals surface area contributed by atoms with E-state index in [-0.39, 0.29) is 6.04 Å². The zero-order chi connectivity index (χ0) is 21.9. The van der Waals surface area contributed by atoms with Crippen LogP contribution in [-0.2, 0) is 27.2 Å². The number of anilines is 1. The van der Waals surface area contributed by atoms with E-state index in [2.05, 4.69) is 10.2 Å². The average molecular weight is 422 g/mol. The van der Waals surface area contributed by atoms with Crippen molar-refractivity contribution < 1.29 is 19.1 Å². The number of rotatable bonds is 9. The second-order valence-corrected chi connectivity index (χ2v) is 9.36. The Labute approximate surface area is 178 Å². The smallest absolute Gasteiger partial charge is 0.407 e. The van der Waals surface area contributed by atoms with Crippen molar-refractivity contribution in [1.82, 2.24) is 20.0 Å². The van der Waals surface area contributed by atoms with Gasteiger partial charge in [0.15, 0.2) is 0 Å². The Kier molecular flexibility index (Phi) is 7.02. The Morgan fingerprint density at radius 3 is 2.83 bits per heavy atom. The fourth-order valence-electron chi connectivity index (χ4n) is 3.99. The van der Waals surface area contributed by atoms with Crippen LogP contribution in [0.3, 0.4) is 0 Å². The Bertz CT molecular complexity index is 744. The van der Waals surface area contributed by atoms with E-state index in [1.807, 2.05) is 38.4 Å². The zero-order valence-electron chi connectivity index (χ0n) is 18.8. The molecule has 30 heavy (non-hydrogen) atoms. The van der Waals surface area contributed by atoms with Gasteiger partial charge in [-0.25, -0.2) is 9.48 Å². The second kappa shape index (κ2) is 9.34. The van der Waals surface area contributed by atoms with E-state index in [1.54, 1.807) is 7.05 Å². The van der Waals surface area contributed by atoms with Gasteiger partial charge in [0, 0.05) is 51.3 Å². The maximum atomic E-state index is 11.9. The van der Waals surface area contributed by atoms with Crippen LogP contribution in [0.25, 0.3) is 0 Å². The second-order valence-electron chi connectivity index (χ2n) is 9.36. The van der Waals surface area contributed by atoms with Crippen molar-refractivity contribution in [3.63, 3.8) is 0 Å². The first-order chi connectivity index (χ1) is 14.1. The first-order valence-corrected chi connectivity index (χ1v) is 10.7. The molecule has 0 aromatic carbocycles. The molecule has 2 aliphatic heterocycles. The molecule has 9 nitrogen and oxygen atoms in total. The molecule has 2 bridgehead atoms. The Morgan fingerprint density at radius 2 is 2.23 bits per heavy atom. The topological polar surface area (TPSA) is 88.9 Å². The molecule has 0 spiro atoms. The zero-order valence-corrected chi connectivity index (χ0v) is 18.8. The van der Waals surface area contributed by atoms with E-state index in [9.17, 15) is 9.59 Å². The molecule has 0 saturated carbocycles. The molecule has 1 aromatic rings. The molecule has 9 heteroatoms. The number of hydrogen-bond acceptors (Lipinski definition) is 6. The SMILES string of the molecule is CC(CCn1nc(CCN2CC3CC2CO3)cc1N(C)C=O)NC(=O)OC(C)(C)C. The Balaban J connectivity index is 1.55. The standard InChI is InChI=1S/C21H35N5O4/c1-15(22-20(28)30-21(2,3)4)6-9-26-19(24(5)14-27)10-16(23-26)7-8-25-12-18-11-17(25)13-29-18/h10,14-15,17-18H,6-9,11-13H2,1-5H3,(H,22,28). The lowest BCUT2D eigenvalue weighted by Crippen LogP contribution is -2.38. The van der Waals surface area contributed by atoms with E-state index in [0.717, 1.165) is 50.5 Å². The number of nitrogens with zero attached hydrogens (tertiary/aromatic N) is 4. The number of amides is 2. The number of morpholine rings is 1. The summed E-state index contributed by atoms with van der Waals surface area (Å²) in [5, 5.41) is 7.58. The van der Waals surface area contributed by atoms with Crippen LogP contribution in [0.5, 0.6) is 0 Å². The number of nitrogens with one attached hydrogen (secondary N) is 1. The summed E-state index contributed by atoms with van der Waals surface area (Å²) in [6, 6.07) is 2.43. The number of alkyl carbamates (subject to hydrolysis) is 1. The fourth-order valence-corrected chi connectivity index (χ4v) is 3.99. The maximum absolute atomic E-state index is 11.9. The highest BCUT2D eigenvalue weighted by atomic mass is 16.6. The van der Waals surface area contributed by atoms with Gasteiger partial charge in [-0.05, 0) is 40.5 Å². The van der Waals surface area contributed by atoms with Gasteiger partial charge in [-0.1, -0.05) is 0 Å². The fraction of sp³-hybridized carbons (Fsp3) is 0.762. The molecule has 3 atom stereocenters. The summed E-state index contributed by atoms with van der Waals surface area (Å²) in [5.74, 6) is 0.760. The molecule has 2 aliphatic rings. The van der Waals surface area contributed by atoms with Crippen molar-refractivity contribution in [2.75, 3.05) is 31.6 Å². The quantitative estimate of drug-likeness (QED) is 0.612. The number of aromatic nitrogens is 2. The normalized spacial score (nSPS) is 22.2. The third-order valence-electron chi connectivity index (χ3n) is 5.53. The van der Waals surface area contributed by atoms with Gasteiger partial charge < -0.3 is 19.7 Å². The Morgan fingerprint density at radius 1 is 1.47 bits per heavy atom. The highest BCUT2D eigenvalue weighted by Gasteiger charge is 2.38. The molecule has 1 N–H and O–H groups in total. The molecule has 168 valence electrons. The average Bonchev–Trinajstić information content (AvgIpc) is 3.37. The molecule has 0 aliphatic carbocycles. The van der Waals surface area contributed by atoms with Crippen molar-refractivity contribution in [3.05, 3.63) is 11.8 Å². The lowest BCUT2D eigenvalue weighted by atomic mass is 10.2. The number of fused-ring (bicyclic) bond motifs is 2. The number of hydrogen-bond donors (Lipinski definition) is 1. The summed E-state index contributed by atoms with van der Waals surface area (Å²) >= 11 is 0. The number of likely N-dealkylation sites (tertiary alicyclic amines) is 1. The minimum Gasteiger partial charge on any atom is -0.444 e. The molecular weight excluding hydrogens is 386 g/mol. The third kappa shape index (κ3) is 5.95. The van der Waals surface area contributed by atoms with Gasteiger partial charge in [-0.3, -0.25) is 9.69 Å². The van der Waals surface area contributed by atoms with E-state index >= 15 is 0 Å². The molecular formula is C21H35N5O4. The van der Waals surface area contributed by atoms with E-state index < -0.39 is 11.7 Å². The van der Waals surface area contributed by atoms with Crippen LogP contribution in [0, 0.1) is 0 Å². The van der Waals surface area contributed by atoms with E-state index in [1.165, 1.54) is 4.90 Å². The number of aryl methyl sites for hydroxylation is 1. The van der Waals surface area contributed by atoms with Gasteiger partial charge in [-0.2, -0.15) is 5.10 Å². The van der Waals surface area contributed by atoms with Crippen LogP contribution in [-0.4, -0.2) is 77.7 Å². The summed E-state index contributed by atoms with van der Waals surface area (Å²) < 4.78 is 12.8. The van der Waals surface area contributed by atoms with Gasteiger partial charge >= 0.3 is 6.09 Å². The Hall–Kier alpha value is -2.13. The highest BCUT2D eigenvalue weighted by molar-refractivity contribution is 5.72. The molecule has 2 saturated heterocycles. The lowest BCUT2D eigenvalue weighted by Gasteiger charge is -2.26. The van der Waals surface area contributed by atoms with Gasteiger partial charge in [0.25, 0.3) is 0 Å². The van der Waals surface area contributed by atoms with Crippen LogP contribution in [0.1, 0.15) is 46.2 Å². The minimum atomic E-state index is -0.526. The highest BCUT2D eigenvalue weighted by Crippen LogP contribution is 2.27. The van der Waals surface area contributed by atoms with Crippen LogP contribution >= 0.6 is 0 Å². The molecule has 2 amide bonds. The summed E-state index contributed by atoms with van der Waals surface area (Å²) in [6.07, 6.45) is 3.40. The maximum Gasteiger partial charge on any atom is 0.407 e. The first kappa shape index (κ1) is 22.6. The van der Waals surface area contributed by atoms with Crippen molar-refractivity contribution >= 4 is 18.3 Å². The van der Waals surface area contributed by atoms with E-state index in [4.69, 9.17) is 14.6 Å². The summed E-state index contributed by atoms with van der Waals surface area (Å²) in [7, 11) is 1.73. The van der Waals surface area contributed by atoms with Gasteiger partial charge in [-0.15, -0.1) is 0 Å². The predicted octanol–water partition coefficient (Wildman–Crippen LogP) is 1.79. The van der Waals surface area contributed by atoms with Crippen LogP contribution < -0.4 is 10.2 Å². The largest absolute Gasteiger partial charge is 0.444 e. The van der Waals surface area contributed by atoms with Gasteiger partial charge in [0.05, 0.1) is 18.4 Å². The van der Waals surface area contributed by atoms with Crippen molar-refractivity contribution in [3.8, 4) is 0 Å². The number of carbonyl (C=O) groups excluding carboxylic acids is 2. The molecule has 2 fully saturated rings. The third-order valence-corrected chi connectivity index (χ3v) is 5.53. The van der Waals surface area contributed by atoms with E-state index in [0.29, 0.717) is 25.1 Å². The minimum absolute atomic E-state index is 0.0814. The molecule has 0 radical (unpaired) electrons. The molecule has 1 aromatic heterocycles. The number of carbonyl (C=O) groups is 2. The van der Waals surface area contributed by atoms with Crippen LogP contribution in [0.2, 0.25) is 0 Å². The van der Waals surface area contributed by atoms with Crippen molar-refractivity contribution in [2.24, 2.45) is 0 Å². The lowest BCUT2D eigenvalue weighted by molar-refractivity contribution is -0.107. The summed E-state index contributed by atoms with van der Waals surface area (Å²) in [5.41, 5.74) is 0.441. The molecule has 3 heterocycles. The number of ether oxygens (including phenoxy) is 2. The van der Waals surface area contributed by atoms with Gasteiger partial charge in [0.2, 0.25) is 6.41 Å². The summed E-state index contributed by atoms with van der Waals surface area (Å²) in [6.45, 7) is 10.8. The molecule has 3 rings (SSSR count). The van der Waals surface area contributed by atoms with Gasteiger partial charge in [0.1, 0.15) is 11.4 Å². The monoisotopic (exact) mass is 421 g/mol. The van der Waals surface area contributed by atoms with Crippen molar-refractivity contribution in [2.45, 2.75) is 77.3 Å². The molecule has 3 unspecified atom stereocenters. The van der Waals surface area contributed by atoms with Crippen LogP contribution in [0.4, 0.5) is 10.6 Å².